The normalized spacial score (nSPS) is 12.7. The van der Waals surface area contributed by atoms with Gasteiger partial charge in [-0.2, -0.15) is 0 Å². The van der Waals surface area contributed by atoms with Gasteiger partial charge in [-0.15, -0.1) is 0 Å². The van der Waals surface area contributed by atoms with Gasteiger partial charge in [-0.25, -0.2) is 0 Å². The van der Waals surface area contributed by atoms with E-state index in [9.17, 15) is 9.82 Å². The van der Waals surface area contributed by atoms with E-state index in [0.29, 0.717) is 23.1 Å². The minimum Gasteiger partial charge on any atom is -0.454 e. The number of ether oxygens (including phenoxy) is 2. The van der Waals surface area contributed by atoms with Gasteiger partial charge in [-0.05, 0) is 17.6 Å². The van der Waals surface area contributed by atoms with Crippen molar-refractivity contribution in [2.45, 2.75) is 0 Å². The molecule has 0 fully saturated rings. The molecule has 13 heavy (non-hydrogen) atoms. The van der Waals surface area contributed by atoms with E-state index in [1.807, 2.05) is 0 Å². The number of hydrogen-bond donors (Lipinski definition) is 1. The van der Waals surface area contributed by atoms with Crippen LogP contribution in [-0.2, 0) is 4.79 Å². The predicted octanol–water partition coefficient (Wildman–Crippen LogP) is -0.622. The summed E-state index contributed by atoms with van der Waals surface area (Å²) in [6.45, 7) is -0.898. The molecule has 1 aliphatic rings. The molecule has 0 spiro atoms. The van der Waals surface area contributed by atoms with Crippen LogP contribution in [0.4, 0.5) is 0 Å². The van der Waals surface area contributed by atoms with Gasteiger partial charge in [0.2, 0.25) is 6.79 Å². The van der Waals surface area contributed by atoms with Crippen molar-refractivity contribution < 1.29 is 19.3 Å². The van der Waals surface area contributed by atoms with Crippen LogP contribution in [-0.4, -0.2) is 24.9 Å². The highest BCUT2D eigenvalue weighted by Crippen LogP contribution is 2.29. The van der Waals surface area contributed by atoms with Crippen molar-refractivity contribution in [1.29, 1.82) is 0 Å². The maximum atomic E-state index is 10.3. The minimum absolute atomic E-state index is 0.190. The third kappa shape index (κ3) is 1.38. The van der Waals surface area contributed by atoms with Crippen molar-refractivity contribution in [2.24, 2.45) is 0 Å². The minimum atomic E-state index is -1.09. The molecule has 1 heterocycles. The fraction of sp³-hybridized carbons (Fsp3) is 0.125. The molecule has 4 nitrogen and oxygen atoms in total. The monoisotopic (exact) mass is 178 g/mol. The highest BCUT2D eigenvalue weighted by molar-refractivity contribution is 6.89. The summed E-state index contributed by atoms with van der Waals surface area (Å²) in [6.07, 6.45) is 0.470. The Kier molecular flexibility index (Phi) is 1.94. The fourth-order valence-corrected chi connectivity index (χ4v) is 1.18. The van der Waals surface area contributed by atoms with Gasteiger partial charge in [0.05, 0.1) is 0 Å². The highest BCUT2D eigenvalue weighted by Gasteiger charge is 2.18. The maximum Gasteiger partial charge on any atom is 0.395 e. The van der Waals surface area contributed by atoms with Gasteiger partial charge < -0.3 is 19.3 Å². The lowest BCUT2D eigenvalue weighted by Crippen LogP contribution is -2.31. The zero-order chi connectivity index (χ0) is 9.26. The standard InChI is InChI=1S/C8H7BO4/c10-4-9(11)6-1-2-7-8(3-6)13-5-12-7/h1-4,11H,5H2. The molecular formula is C8H7BO4. The summed E-state index contributed by atoms with van der Waals surface area (Å²) in [5.41, 5.74) is 0.513. The molecule has 1 aromatic rings. The lowest BCUT2D eigenvalue weighted by atomic mass is 9.63. The van der Waals surface area contributed by atoms with E-state index in [2.05, 4.69) is 0 Å². The van der Waals surface area contributed by atoms with Crippen molar-refractivity contribution in [1.82, 2.24) is 0 Å². The van der Waals surface area contributed by atoms with E-state index in [1.165, 1.54) is 0 Å². The second-order valence-corrected chi connectivity index (χ2v) is 2.69. The fourth-order valence-electron chi connectivity index (χ4n) is 1.18. The van der Waals surface area contributed by atoms with Crippen LogP contribution in [0.2, 0.25) is 0 Å². The predicted molar refractivity (Wildman–Crippen MR) is 46.9 cm³/mol. The topological polar surface area (TPSA) is 55.8 Å². The molecule has 1 aliphatic heterocycles. The summed E-state index contributed by atoms with van der Waals surface area (Å²) >= 11 is 0. The van der Waals surface area contributed by atoms with Crippen LogP contribution in [0.25, 0.3) is 0 Å². The van der Waals surface area contributed by atoms with Crippen LogP contribution < -0.4 is 14.9 Å². The van der Waals surface area contributed by atoms with Gasteiger partial charge >= 0.3 is 6.92 Å². The Hall–Kier alpha value is -1.49. The molecule has 1 aromatic carbocycles. The Morgan fingerprint density at radius 3 is 2.92 bits per heavy atom. The van der Waals surface area contributed by atoms with Gasteiger partial charge in [0.15, 0.2) is 11.5 Å². The lowest BCUT2D eigenvalue weighted by molar-refractivity contribution is 0.174. The summed E-state index contributed by atoms with van der Waals surface area (Å²) in [5.74, 6) is 1.21. The summed E-state index contributed by atoms with van der Waals surface area (Å²) in [6, 6.07) is 4.90. The largest absolute Gasteiger partial charge is 0.454 e. The van der Waals surface area contributed by atoms with E-state index in [4.69, 9.17) is 9.47 Å². The Balaban J connectivity index is 2.35. The molecule has 0 amide bonds. The first kappa shape index (κ1) is 8.13. The first-order valence-electron chi connectivity index (χ1n) is 3.84. The Morgan fingerprint density at radius 1 is 1.38 bits per heavy atom. The third-order valence-electron chi connectivity index (χ3n) is 1.87. The van der Waals surface area contributed by atoms with Crippen LogP contribution in [0.1, 0.15) is 0 Å². The molecule has 1 N–H and O–H groups in total. The summed E-state index contributed by atoms with van der Waals surface area (Å²) in [4.78, 5) is 10.3. The molecule has 66 valence electrons. The number of carbonyl (C=O) groups excluding carboxylic acids is 1. The molecule has 0 saturated heterocycles. The van der Waals surface area contributed by atoms with Gasteiger partial charge in [0.1, 0.15) is 6.19 Å². The van der Waals surface area contributed by atoms with Crippen LogP contribution >= 0.6 is 0 Å². The van der Waals surface area contributed by atoms with Crippen LogP contribution in [0.3, 0.4) is 0 Å². The maximum absolute atomic E-state index is 10.3. The van der Waals surface area contributed by atoms with E-state index in [1.54, 1.807) is 18.2 Å². The Bertz CT molecular complexity index is 339. The van der Waals surface area contributed by atoms with E-state index in [0.717, 1.165) is 0 Å². The number of rotatable bonds is 2. The number of fused-ring (bicyclic) bond motifs is 1. The smallest absolute Gasteiger partial charge is 0.395 e. The first-order valence-corrected chi connectivity index (χ1v) is 3.84. The molecule has 5 heteroatoms. The van der Waals surface area contributed by atoms with E-state index >= 15 is 0 Å². The van der Waals surface area contributed by atoms with Crippen molar-refractivity contribution in [3.63, 3.8) is 0 Å². The SMILES string of the molecule is O=CB(O)c1ccc2c(c1)OCO2. The molecule has 2 rings (SSSR count). The lowest BCUT2D eigenvalue weighted by Gasteiger charge is -2.00. The van der Waals surface area contributed by atoms with Crippen LogP contribution in [0.15, 0.2) is 18.2 Å². The number of carbonyl (C=O) groups is 1. The van der Waals surface area contributed by atoms with Crippen molar-refractivity contribution in [3.05, 3.63) is 18.2 Å². The second-order valence-electron chi connectivity index (χ2n) is 2.69. The Morgan fingerprint density at radius 2 is 2.15 bits per heavy atom. The van der Waals surface area contributed by atoms with Crippen molar-refractivity contribution >= 4 is 18.6 Å². The number of benzene rings is 1. The van der Waals surface area contributed by atoms with Crippen molar-refractivity contribution in [2.75, 3.05) is 6.79 Å². The van der Waals surface area contributed by atoms with Gasteiger partial charge in [-0.3, -0.25) is 0 Å². The zero-order valence-electron chi connectivity index (χ0n) is 6.77. The molecule has 0 radical (unpaired) electrons. The van der Waals surface area contributed by atoms with Crippen molar-refractivity contribution in [3.8, 4) is 11.5 Å². The van der Waals surface area contributed by atoms with E-state index < -0.39 is 6.92 Å². The molecule has 0 aromatic heterocycles. The average Bonchev–Trinajstić information content (AvgIpc) is 2.63. The van der Waals surface area contributed by atoms with Crippen LogP contribution in [0.5, 0.6) is 11.5 Å². The van der Waals surface area contributed by atoms with E-state index in [-0.39, 0.29) is 6.79 Å². The zero-order valence-corrected chi connectivity index (χ0v) is 6.77. The molecule has 0 aliphatic carbocycles. The molecule has 0 unspecified atom stereocenters. The summed E-state index contributed by atoms with van der Waals surface area (Å²) in [5, 5.41) is 9.20. The molecule has 0 bridgehead atoms. The molecule has 0 saturated carbocycles. The van der Waals surface area contributed by atoms with Gasteiger partial charge in [0, 0.05) is 0 Å². The summed E-state index contributed by atoms with van der Waals surface area (Å²) in [7, 11) is 0. The third-order valence-corrected chi connectivity index (χ3v) is 1.87. The molecular weight excluding hydrogens is 171 g/mol. The Labute approximate surface area is 75.2 Å². The highest BCUT2D eigenvalue weighted by atomic mass is 16.7. The number of hydrogen-bond acceptors (Lipinski definition) is 4. The molecule has 0 atom stereocenters. The second kappa shape index (κ2) is 3.10. The van der Waals surface area contributed by atoms with Crippen LogP contribution in [0, 0.1) is 0 Å². The summed E-state index contributed by atoms with van der Waals surface area (Å²) < 4.78 is 10.2. The average molecular weight is 178 g/mol. The van der Waals surface area contributed by atoms with Gasteiger partial charge in [-0.1, -0.05) is 6.07 Å². The first-order chi connectivity index (χ1) is 6.31. The van der Waals surface area contributed by atoms with Gasteiger partial charge in [0.25, 0.3) is 0 Å². The quantitative estimate of drug-likeness (QED) is 0.484.